The van der Waals surface area contributed by atoms with Crippen LogP contribution < -0.4 is 10.6 Å². The van der Waals surface area contributed by atoms with Crippen molar-refractivity contribution in [3.8, 4) is 0 Å². The molecule has 6 nitrogen and oxygen atoms in total. The maximum Gasteiger partial charge on any atom is 0.249 e. The smallest absolute Gasteiger partial charge is 0.249 e. The molecule has 1 aromatic rings. The van der Waals surface area contributed by atoms with Gasteiger partial charge in [-0.15, -0.1) is 0 Å². The van der Waals surface area contributed by atoms with Crippen molar-refractivity contribution < 1.29 is 14.4 Å². The molecule has 136 valence electrons. The largest absolute Gasteiger partial charge is 0.382 e. The molecule has 1 aromatic carbocycles. The van der Waals surface area contributed by atoms with Crippen LogP contribution in [0.1, 0.15) is 49.7 Å². The molecule has 2 heterocycles. The fourth-order valence-electron chi connectivity index (χ4n) is 4.17. The number of nitrogens with one attached hydrogen (secondary N) is 2. The monoisotopic (exact) mass is 353 g/mol. The van der Waals surface area contributed by atoms with Crippen molar-refractivity contribution in [1.29, 1.82) is 0 Å². The van der Waals surface area contributed by atoms with E-state index < -0.39 is 0 Å². The van der Waals surface area contributed by atoms with Crippen LogP contribution in [0.5, 0.6) is 0 Å². The number of anilines is 1. The number of carbonyl (C=O) groups is 3. The summed E-state index contributed by atoms with van der Waals surface area (Å²) in [6.45, 7) is 4.80. The highest BCUT2D eigenvalue weighted by Gasteiger charge is 2.37. The number of imide groups is 1. The van der Waals surface area contributed by atoms with Gasteiger partial charge in [-0.2, -0.15) is 0 Å². The Balaban J connectivity index is 1.53. The average molecular weight is 353 g/mol. The molecular weight excluding hydrogens is 330 g/mol. The number of nitrogens with zero attached hydrogens (tertiary/aromatic N) is 1. The third-order valence-electron chi connectivity index (χ3n) is 5.65. The normalized spacial score (nSPS) is 23.8. The summed E-state index contributed by atoms with van der Waals surface area (Å²) in [7, 11) is 0. The third-order valence-corrected chi connectivity index (χ3v) is 5.65. The molecule has 2 fully saturated rings. The van der Waals surface area contributed by atoms with E-state index in [-0.39, 0.29) is 17.9 Å². The maximum absolute atomic E-state index is 12.3. The first kappa shape index (κ1) is 16.8. The van der Waals surface area contributed by atoms with Gasteiger partial charge < -0.3 is 10.2 Å². The summed E-state index contributed by atoms with van der Waals surface area (Å²) in [4.78, 5) is 37.1. The fraction of sp³-hybridized carbons (Fsp3) is 0.450. The quantitative estimate of drug-likeness (QED) is 0.815. The summed E-state index contributed by atoms with van der Waals surface area (Å²) in [5.41, 5.74) is 4.07. The third kappa shape index (κ3) is 3.00. The molecule has 0 radical (unpaired) electrons. The highest BCUT2D eigenvalue weighted by atomic mass is 16.2. The molecule has 2 aliphatic heterocycles. The minimum absolute atomic E-state index is 0.206. The molecule has 1 unspecified atom stereocenters. The Morgan fingerprint density at radius 3 is 2.58 bits per heavy atom. The van der Waals surface area contributed by atoms with Gasteiger partial charge in [0.25, 0.3) is 0 Å². The molecule has 26 heavy (non-hydrogen) atoms. The van der Waals surface area contributed by atoms with Crippen LogP contribution in [0.15, 0.2) is 24.8 Å². The number of fused-ring (bicyclic) bond motifs is 1. The molecule has 6 heteroatoms. The second-order valence-corrected chi connectivity index (χ2v) is 7.33. The minimum Gasteiger partial charge on any atom is -0.382 e. The summed E-state index contributed by atoms with van der Waals surface area (Å²) in [5, 5.41) is 6.02. The fourth-order valence-corrected chi connectivity index (χ4v) is 4.17. The number of benzene rings is 1. The molecule has 1 saturated heterocycles. The maximum atomic E-state index is 12.3. The molecule has 4 rings (SSSR count). The second kappa shape index (κ2) is 6.59. The van der Waals surface area contributed by atoms with Gasteiger partial charge in [0.2, 0.25) is 11.8 Å². The Kier molecular flexibility index (Phi) is 4.26. The van der Waals surface area contributed by atoms with E-state index in [1.165, 1.54) is 0 Å². The van der Waals surface area contributed by atoms with Crippen molar-refractivity contribution in [2.45, 2.75) is 57.2 Å². The van der Waals surface area contributed by atoms with Gasteiger partial charge in [0, 0.05) is 54.4 Å². The SMILES string of the molecule is C=C1c2cccc(NC3CCC(=O)CC3)c2CN1C1CCC(=O)NC1=O. The topological polar surface area (TPSA) is 78.5 Å². The lowest BCUT2D eigenvalue weighted by Gasteiger charge is -2.31. The van der Waals surface area contributed by atoms with Crippen LogP contribution in [-0.2, 0) is 20.9 Å². The molecule has 0 spiro atoms. The molecule has 2 N–H and O–H groups in total. The predicted molar refractivity (Wildman–Crippen MR) is 98.1 cm³/mol. The number of carbonyl (C=O) groups excluding carboxylic acids is 3. The lowest BCUT2D eigenvalue weighted by Crippen LogP contribution is -2.50. The highest BCUT2D eigenvalue weighted by Crippen LogP contribution is 2.39. The molecule has 2 amide bonds. The van der Waals surface area contributed by atoms with Gasteiger partial charge in [-0.25, -0.2) is 0 Å². The number of ketones is 1. The van der Waals surface area contributed by atoms with Gasteiger partial charge in [0.05, 0.1) is 0 Å². The molecule has 1 aliphatic carbocycles. The first-order valence-corrected chi connectivity index (χ1v) is 9.22. The summed E-state index contributed by atoms with van der Waals surface area (Å²) in [6.07, 6.45) is 3.88. The average Bonchev–Trinajstić information content (AvgIpc) is 2.95. The zero-order valence-electron chi connectivity index (χ0n) is 14.7. The summed E-state index contributed by atoms with van der Waals surface area (Å²) in [5.74, 6) is -0.1000. The number of Topliss-reactive ketones (excluding diaryl/α,β-unsaturated/α-hetero) is 1. The Hall–Kier alpha value is -2.63. The minimum atomic E-state index is -0.354. The molecular formula is C20H23N3O3. The number of amides is 2. The molecule has 0 bridgehead atoms. The number of hydrogen-bond acceptors (Lipinski definition) is 5. The van der Waals surface area contributed by atoms with Crippen LogP contribution in [0.4, 0.5) is 5.69 Å². The van der Waals surface area contributed by atoms with E-state index in [9.17, 15) is 14.4 Å². The van der Waals surface area contributed by atoms with E-state index in [0.717, 1.165) is 35.4 Å². The lowest BCUT2D eigenvalue weighted by atomic mass is 9.93. The second-order valence-electron chi connectivity index (χ2n) is 7.33. The van der Waals surface area contributed by atoms with Crippen molar-refractivity contribution >= 4 is 29.0 Å². The number of piperidine rings is 1. The van der Waals surface area contributed by atoms with E-state index >= 15 is 0 Å². The summed E-state index contributed by atoms with van der Waals surface area (Å²) in [6, 6.07) is 6.02. The van der Waals surface area contributed by atoms with E-state index in [1.54, 1.807) is 0 Å². The van der Waals surface area contributed by atoms with E-state index in [2.05, 4.69) is 23.3 Å². The first-order valence-electron chi connectivity index (χ1n) is 9.22. The van der Waals surface area contributed by atoms with Crippen LogP contribution in [0.2, 0.25) is 0 Å². The Morgan fingerprint density at radius 2 is 1.85 bits per heavy atom. The highest BCUT2D eigenvalue weighted by molar-refractivity contribution is 6.01. The van der Waals surface area contributed by atoms with Crippen molar-refractivity contribution in [1.82, 2.24) is 10.2 Å². The Labute approximate surface area is 152 Å². The summed E-state index contributed by atoms with van der Waals surface area (Å²) < 4.78 is 0. The van der Waals surface area contributed by atoms with Crippen LogP contribution in [0.25, 0.3) is 5.70 Å². The van der Waals surface area contributed by atoms with Crippen LogP contribution in [-0.4, -0.2) is 34.6 Å². The lowest BCUT2D eigenvalue weighted by molar-refractivity contribution is -0.136. The van der Waals surface area contributed by atoms with Gasteiger partial charge >= 0.3 is 0 Å². The van der Waals surface area contributed by atoms with E-state index in [0.29, 0.717) is 44.1 Å². The zero-order valence-corrected chi connectivity index (χ0v) is 14.7. The number of hydrogen-bond donors (Lipinski definition) is 2. The predicted octanol–water partition coefficient (Wildman–Crippen LogP) is 2.20. The molecule has 0 aromatic heterocycles. The van der Waals surface area contributed by atoms with Crippen molar-refractivity contribution in [3.05, 3.63) is 35.9 Å². The Morgan fingerprint density at radius 1 is 1.08 bits per heavy atom. The van der Waals surface area contributed by atoms with Gasteiger partial charge in [-0.3, -0.25) is 19.7 Å². The van der Waals surface area contributed by atoms with Crippen LogP contribution in [0.3, 0.4) is 0 Å². The molecule has 1 saturated carbocycles. The standard InChI is InChI=1S/C20H23N3O3/c1-12-15-3-2-4-17(21-13-5-7-14(24)8-6-13)16(15)11-23(12)18-9-10-19(25)22-20(18)26/h2-4,13,18,21H,1,5-11H2,(H,22,25,26). The van der Waals surface area contributed by atoms with Crippen molar-refractivity contribution in [2.75, 3.05) is 5.32 Å². The first-order chi connectivity index (χ1) is 12.5. The van der Waals surface area contributed by atoms with Gasteiger partial charge in [0.15, 0.2) is 0 Å². The van der Waals surface area contributed by atoms with E-state index in [4.69, 9.17) is 0 Å². The number of rotatable bonds is 3. The van der Waals surface area contributed by atoms with Crippen molar-refractivity contribution in [3.63, 3.8) is 0 Å². The van der Waals surface area contributed by atoms with Gasteiger partial charge in [0.1, 0.15) is 11.8 Å². The Bertz CT molecular complexity index is 791. The molecule has 1 atom stereocenters. The van der Waals surface area contributed by atoms with Crippen LogP contribution >= 0.6 is 0 Å². The molecule has 3 aliphatic rings. The summed E-state index contributed by atoms with van der Waals surface area (Å²) >= 11 is 0. The zero-order chi connectivity index (χ0) is 18.3. The van der Waals surface area contributed by atoms with Gasteiger partial charge in [-0.1, -0.05) is 18.7 Å². The van der Waals surface area contributed by atoms with Crippen molar-refractivity contribution in [2.24, 2.45) is 0 Å². The van der Waals surface area contributed by atoms with Crippen LogP contribution in [0, 0.1) is 0 Å². The van der Waals surface area contributed by atoms with Gasteiger partial charge in [-0.05, 0) is 25.3 Å². The van der Waals surface area contributed by atoms with E-state index in [1.807, 2.05) is 17.0 Å².